The fourth-order valence-electron chi connectivity index (χ4n) is 5.03. The molecule has 0 fully saturated rings. The molecule has 0 spiro atoms. The van der Waals surface area contributed by atoms with Crippen LogP contribution in [0.4, 0.5) is 21.5 Å². The van der Waals surface area contributed by atoms with Crippen molar-refractivity contribution in [1.82, 2.24) is 0 Å². The van der Waals surface area contributed by atoms with Crippen LogP contribution in [0.2, 0.25) is 0 Å². The first-order valence-corrected chi connectivity index (χ1v) is 12.9. The molecule has 4 aromatic rings. The summed E-state index contributed by atoms with van der Waals surface area (Å²) in [5.74, 6) is 2.75. The van der Waals surface area contributed by atoms with E-state index in [9.17, 15) is 28.4 Å². The molecular formula is C35H16FN3O5. The lowest BCUT2D eigenvalue weighted by molar-refractivity contribution is 0.0912. The van der Waals surface area contributed by atoms with Crippen molar-refractivity contribution in [3.8, 4) is 37.0 Å². The molecule has 4 aromatic carbocycles. The largest absolute Gasteiger partial charge is 0.322 e. The van der Waals surface area contributed by atoms with Crippen LogP contribution < -0.4 is 15.1 Å². The van der Waals surface area contributed by atoms with E-state index >= 15 is 0 Å². The highest BCUT2D eigenvalue weighted by molar-refractivity contribution is 6.36. The fourth-order valence-corrected chi connectivity index (χ4v) is 5.03. The SMILES string of the molecule is C#Cc1ccc2c(c1)C(=O)N(c1cc(C(=O)Nc3ccc(F)c(C#C)c3)cc(N3C(=O)c4ccc(C#C)cc4C3=O)c1)C2=O. The molecule has 0 bridgehead atoms. The first-order valence-electron chi connectivity index (χ1n) is 12.9. The lowest BCUT2D eigenvalue weighted by Crippen LogP contribution is -2.32. The molecule has 44 heavy (non-hydrogen) atoms. The van der Waals surface area contributed by atoms with Gasteiger partial charge in [0.25, 0.3) is 29.5 Å². The molecule has 6 rings (SSSR count). The minimum atomic E-state index is -0.764. The Kier molecular flexibility index (Phi) is 6.39. The van der Waals surface area contributed by atoms with Crippen LogP contribution >= 0.6 is 0 Å². The molecule has 0 unspecified atom stereocenters. The topological polar surface area (TPSA) is 104 Å². The molecule has 0 radical (unpaired) electrons. The van der Waals surface area contributed by atoms with E-state index in [1.165, 1.54) is 66.7 Å². The number of halogens is 1. The number of anilines is 3. The number of nitrogens with zero attached hydrogens (tertiary/aromatic N) is 2. The van der Waals surface area contributed by atoms with Gasteiger partial charge in [-0.1, -0.05) is 17.8 Å². The highest BCUT2D eigenvalue weighted by Crippen LogP contribution is 2.36. The van der Waals surface area contributed by atoms with Crippen molar-refractivity contribution in [2.24, 2.45) is 0 Å². The summed E-state index contributed by atoms with van der Waals surface area (Å²) >= 11 is 0. The Hall–Kier alpha value is -6.76. The van der Waals surface area contributed by atoms with Crippen LogP contribution in [0.25, 0.3) is 0 Å². The van der Waals surface area contributed by atoms with Crippen LogP contribution in [0.5, 0.6) is 0 Å². The van der Waals surface area contributed by atoms with Crippen LogP contribution in [0.3, 0.4) is 0 Å². The second-order valence-corrected chi connectivity index (χ2v) is 9.73. The zero-order chi connectivity index (χ0) is 31.3. The molecule has 0 aliphatic carbocycles. The van der Waals surface area contributed by atoms with Gasteiger partial charge in [-0.05, 0) is 72.8 Å². The van der Waals surface area contributed by atoms with Gasteiger partial charge in [0, 0.05) is 22.4 Å². The predicted molar refractivity (Wildman–Crippen MR) is 160 cm³/mol. The summed E-state index contributed by atoms with van der Waals surface area (Å²) in [5, 5.41) is 2.58. The summed E-state index contributed by atoms with van der Waals surface area (Å²) in [6, 6.07) is 16.1. The van der Waals surface area contributed by atoms with Crippen molar-refractivity contribution in [2.45, 2.75) is 0 Å². The summed E-state index contributed by atoms with van der Waals surface area (Å²) in [6.07, 6.45) is 16.3. The van der Waals surface area contributed by atoms with Gasteiger partial charge in [-0.3, -0.25) is 24.0 Å². The first-order chi connectivity index (χ1) is 21.1. The lowest BCUT2D eigenvalue weighted by Gasteiger charge is -2.20. The maximum absolute atomic E-state index is 13.9. The minimum absolute atomic E-state index is 0.0533. The Bertz CT molecular complexity index is 2050. The Morgan fingerprint density at radius 3 is 1.59 bits per heavy atom. The summed E-state index contributed by atoms with van der Waals surface area (Å²) in [7, 11) is 0. The van der Waals surface area contributed by atoms with Crippen molar-refractivity contribution in [1.29, 1.82) is 0 Å². The van der Waals surface area contributed by atoms with Crippen LogP contribution in [-0.2, 0) is 0 Å². The molecule has 8 nitrogen and oxygen atoms in total. The number of carbonyl (C=O) groups is 5. The van der Waals surface area contributed by atoms with Gasteiger partial charge in [-0.15, -0.1) is 19.3 Å². The molecule has 9 heteroatoms. The van der Waals surface area contributed by atoms with Crippen LogP contribution in [0.1, 0.15) is 68.5 Å². The Labute approximate surface area is 250 Å². The third-order valence-corrected chi connectivity index (χ3v) is 7.17. The third-order valence-electron chi connectivity index (χ3n) is 7.17. The van der Waals surface area contributed by atoms with Crippen molar-refractivity contribution in [3.05, 3.63) is 123 Å². The lowest BCUT2D eigenvalue weighted by atomic mass is 10.1. The Morgan fingerprint density at radius 1 is 0.614 bits per heavy atom. The van der Waals surface area contributed by atoms with Crippen molar-refractivity contribution >= 4 is 46.6 Å². The quantitative estimate of drug-likeness (QED) is 0.282. The van der Waals surface area contributed by atoms with Gasteiger partial charge in [0.2, 0.25) is 0 Å². The van der Waals surface area contributed by atoms with Gasteiger partial charge in [0.1, 0.15) is 5.82 Å². The summed E-state index contributed by atoms with van der Waals surface area (Å²) in [6.45, 7) is 0. The monoisotopic (exact) mass is 577 g/mol. The standard InChI is InChI=1S/C35H16FN3O5/c1-4-19-7-10-26-28(13-19)34(43)38(32(26)41)24-16-22(31(40)37-23-9-12-30(36)21(6-3)15-23)17-25(18-24)39-33(42)27-11-8-20(5-2)14-29(27)35(39)44/h1-3,7-18H,(H,37,40). The van der Waals surface area contributed by atoms with E-state index < -0.39 is 35.4 Å². The van der Waals surface area contributed by atoms with E-state index in [4.69, 9.17) is 19.3 Å². The van der Waals surface area contributed by atoms with Crippen molar-refractivity contribution < 1.29 is 28.4 Å². The first kappa shape index (κ1) is 27.4. The molecule has 2 aliphatic rings. The number of nitrogens with one attached hydrogen (secondary N) is 1. The fraction of sp³-hybridized carbons (Fsp3) is 0. The number of hydrogen-bond acceptors (Lipinski definition) is 5. The number of carbonyl (C=O) groups excluding carboxylic acids is 5. The van der Waals surface area contributed by atoms with Gasteiger partial charge < -0.3 is 5.32 Å². The number of rotatable bonds is 4. The van der Waals surface area contributed by atoms with Gasteiger partial charge in [0.15, 0.2) is 0 Å². The number of hydrogen-bond donors (Lipinski definition) is 1. The van der Waals surface area contributed by atoms with E-state index in [-0.39, 0.29) is 50.4 Å². The zero-order valence-corrected chi connectivity index (χ0v) is 22.5. The van der Waals surface area contributed by atoms with E-state index in [0.717, 1.165) is 15.9 Å². The zero-order valence-electron chi connectivity index (χ0n) is 22.5. The Balaban J connectivity index is 1.47. The van der Waals surface area contributed by atoms with Crippen molar-refractivity contribution in [2.75, 3.05) is 15.1 Å². The molecule has 0 saturated carbocycles. The molecule has 2 heterocycles. The predicted octanol–water partition coefficient (Wildman–Crippen LogP) is 4.62. The number of amides is 5. The number of fused-ring (bicyclic) bond motifs is 2. The van der Waals surface area contributed by atoms with Crippen LogP contribution in [0.15, 0.2) is 72.8 Å². The van der Waals surface area contributed by atoms with E-state index in [1.54, 1.807) is 0 Å². The van der Waals surface area contributed by atoms with Crippen molar-refractivity contribution in [3.63, 3.8) is 0 Å². The van der Waals surface area contributed by atoms with E-state index in [1.807, 2.05) is 0 Å². The summed E-state index contributed by atoms with van der Waals surface area (Å²) < 4.78 is 13.9. The highest BCUT2D eigenvalue weighted by Gasteiger charge is 2.40. The number of terminal acetylenes is 3. The molecule has 0 aromatic heterocycles. The molecule has 208 valence electrons. The summed E-state index contributed by atoms with van der Waals surface area (Å²) in [4.78, 5) is 68.9. The maximum atomic E-state index is 13.9. The van der Waals surface area contributed by atoms with Crippen LogP contribution in [0, 0.1) is 42.8 Å². The van der Waals surface area contributed by atoms with Gasteiger partial charge >= 0.3 is 0 Å². The minimum Gasteiger partial charge on any atom is -0.322 e. The molecule has 5 amide bonds. The van der Waals surface area contributed by atoms with E-state index in [0.29, 0.717) is 11.1 Å². The van der Waals surface area contributed by atoms with Gasteiger partial charge in [-0.25, -0.2) is 14.2 Å². The molecule has 1 N–H and O–H groups in total. The average Bonchev–Trinajstić information content (AvgIpc) is 3.44. The van der Waals surface area contributed by atoms with E-state index in [2.05, 4.69) is 23.1 Å². The number of benzene rings is 4. The highest BCUT2D eigenvalue weighted by atomic mass is 19.1. The van der Waals surface area contributed by atoms with Gasteiger partial charge in [-0.2, -0.15) is 0 Å². The maximum Gasteiger partial charge on any atom is 0.266 e. The number of imide groups is 2. The normalized spacial score (nSPS) is 13.2. The van der Waals surface area contributed by atoms with Crippen LogP contribution in [-0.4, -0.2) is 29.5 Å². The van der Waals surface area contributed by atoms with Gasteiger partial charge in [0.05, 0.1) is 39.2 Å². The second kappa shape index (κ2) is 10.3. The third kappa shape index (κ3) is 4.28. The molecule has 2 aliphatic heterocycles. The molecular weight excluding hydrogens is 561 g/mol. The Morgan fingerprint density at radius 2 is 1.11 bits per heavy atom. The molecule has 0 saturated heterocycles. The smallest absolute Gasteiger partial charge is 0.266 e. The second-order valence-electron chi connectivity index (χ2n) is 9.73. The molecule has 0 atom stereocenters. The average molecular weight is 578 g/mol. The summed E-state index contributed by atoms with van der Waals surface area (Å²) in [5.41, 5.74) is 0.777.